The summed E-state index contributed by atoms with van der Waals surface area (Å²) in [5.74, 6) is 1.32. The topological polar surface area (TPSA) is 95.8 Å². The maximum Gasteiger partial charge on any atom is 0.232 e. The maximum atomic E-state index is 10.8. The van der Waals surface area contributed by atoms with Crippen LogP contribution in [0.2, 0.25) is 0 Å². The SMILES string of the molecule is OC1(Nc2nc(Nc3ccncc3)nc(-c3ccccc3)n2)CCCCC1. The lowest BCUT2D eigenvalue weighted by atomic mass is 9.92. The zero-order chi connectivity index (χ0) is 18.5. The molecule has 3 N–H and O–H groups in total. The Morgan fingerprint density at radius 3 is 2.26 bits per heavy atom. The first-order chi connectivity index (χ1) is 13.2. The quantitative estimate of drug-likeness (QED) is 0.595. The predicted octanol–water partition coefficient (Wildman–Crippen LogP) is 3.74. The van der Waals surface area contributed by atoms with Crippen LogP contribution in [0.4, 0.5) is 17.6 Å². The molecule has 0 bridgehead atoms. The fraction of sp³-hybridized carbons (Fsp3) is 0.300. The van der Waals surface area contributed by atoms with Crippen molar-refractivity contribution in [1.82, 2.24) is 19.9 Å². The van der Waals surface area contributed by atoms with Crippen molar-refractivity contribution in [2.45, 2.75) is 37.8 Å². The molecule has 1 aliphatic rings. The van der Waals surface area contributed by atoms with Gasteiger partial charge in [0.15, 0.2) is 5.82 Å². The van der Waals surface area contributed by atoms with Crippen LogP contribution in [-0.4, -0.2) is 30.8 Å². The molecule has 0 saturated heterocycles. The minimum atomic E-state index is -0.971. The van der Waals surface area contributed by atoms with E-state index in [-0.39, 0.29) is 0 Å². The first-order valence-electron chi connectivity index (χ1n) is 9.19. The number of aromatic nitrogens is 4. The van der Waals surface area contributed by atoms with Crippen molar-refractivity contribution in [3.05, 3.63) is 54.9 Å². The number of aliphatic hydroxyl groups is 1. The number of nitrogens with one attached hydrogen (secondary N) is 2. The van der Waals surface area contributed by atoms with Crippen LogP contribution in [-0.2, 0) is 0 Å². The Labute approximate surface area is 158 Å². The molecule has 1 fully saturated rings. The number of anilines is 3. The first-order valence-corrected chi connectivity index (χ1v) is 9.19. The van der Waals surface area contributed by atoms with Gasteiger partial charge < -0.3 is 15.7 Å². The zero-order valence-electron chi connectivity index (χ0n) is 15.0. The van der Waals surface area contributed by atoms with Gasteiger partial charge in [0, 0.05) is 23.6 Å². The lowest BCUT2D eigenvalue weighted by molar-refractivity contribution is 0.0309. The molecule has 1 aliphatic carbocycles. The maximum absolute atomic E-state index is 10.8. The lowest BCUT2D eigenvalue weighted by Gasteiger charge is -2.32. The first kappa shape index (κ1) is 17.4. The van der Waals surface area contributed by atoms with Crippen molar-refractivity contribution >= 4 is 17.6 Å². The Balaban J connectivity index is 1.68. The van der Waals surface area contributed by atoms with E-state index < -0.39 is 5.72 Å². The highest BCUT2D eigenvalue weighted by Gasteiger charge is 2.30. The molecule has 138 valence electrons. The van der Waals surface area contributed by atoms with Crippen LogP contribution in [0.5, 0.6) is 0 Å². The molecule has 1 saturated carbocycles. The zero-order valence-corrected chi connectivity index (χ0v) is 15.0. The highest BCUT2D eigenvalue weighted by molar-refractivity contribution is 5.60. The van der Waals surface area contributed by atoms with Gasteiger partial charge >= 0.3 is 0 Å². The Bertz CT molecular complexity index is 881. The number of rotatable bonds is 5. The number of pyridine rings is 1. The van der Waals surface area contributed by atoms with Crippen LogP contribution >= 0.6 is 0 Å². The predicted molar refractivity (Wildman–Crippen MR) is 104 cm³/mol. The largest absolute Gasteiger partial charge is 0.371 e. The summed E-state index contributed by atoms with van der Waals surface area (Å²) >= 11 is 0. The average Bonchev–Trinajstić information content (AvgIpc) is 2.69. The lowest BCUT2D eigenvalue weighted by Crippen LogP contribution is -2.40. The summed E-state index contributed by atoms with van der Waals surface area (Å²) in [5.41, 5.74) is 0.746. The molecule has 0 atom stereocenters. The standard InChI is InChI=1S/C20H22N6O/c27-20(11-5-2-6-12-20)26-19-24-17(15-7-3-1-4-8-15)23-18(25-19)22-16-9-13-21-14-10-16/h1,3-4,7-10,13-14,27H,2,5-6,11-12H2,(H2,21,22,23,24,25,26). The highest BCUT2D eigenvalue weighted by atomic mass is 16.3. The monoisotopic (exact) mass is 362 g/mol. The number of hydrogen-bond acceptors (Lipinski definition) is 7. The van der Waals surface area contributed by atoms with E-state index in [2.05, 4.69) is 30.6 Å². The molecule has 0 radical (unpaired) electrons. The second kappa shape index (κ2) is 7.67. The molecule has 2 aromatic heterocycles. The van der Waals surface area contributed by atoms with Crippen molar-refractivity contribution in [2.24, 2.45) is 0 Å². The Hall–Kier alpha value is -3.06. The van der Waals surface area contributed by atoms with Gasteiger partial charge in [0.2, 0.25) is 11.9 Å². The van der Waals surface area contributed by atoms with Gasteiger partial charge in [-0.15, -0.1) is 0 Å². The van der Waals surface area contributed by atoms with E-state index in [1.807, 2.05) is 42.5 Å². The summed E-state index contributed by atoms with van der Waals surface area (Å²) in [6, 6.07) is 13.4. The van der Waals surface area contributed by atoms with E-state index in [0.29, 0.717) is 30.6 Å². The summed E-state index contributed by atoms with van der Waals surface area (Å²) in [6.07, 6.45) is 7.89. The molecule has 2 heterocycles. The second-order valence-corrected chi connectivity index (χ2v) is 6.75. The van der Waals surface area contributed by atoms with Crippen LogP contribution in [0, 0.1) is 0 Å². The van der Waals surface area contributed by atoms with E-state index in [9.17, 15) is 5.11 Å². The van der Waals surface area contributed by atoms with Crippen LogP contribution in [0.15, 0.2) is 54.9 Å². The minimum absolute atomic E-state index is 0.366. The average molecular weight is 362 g/mol. The molecular weight excluding hydrogens is 340 g/mol. The fourth-order valence-corrected chi connectivity index (χ4v) is 3.24. The molecule has 7 nitrogen and oxygen atoms in total. The van der Waals surface area contributed by atoms with Crippen LogP contribution < -0.4 is 10.6 Å². The number of benzene rings is 1. The third kappa shape index (κ3) is 4.38. The van der Waals surface area contributed by atoms with Crippen molar-refractivity contribution in [3.8, 4) is 11.4 Å². The molecule has 3 aromatic rings. The van der Waals surface area contributed by atoms with Gasteiger partial charge in [0.25, 0.3) is 0 Å². The van der Waals surface area contributed by atoms with E-state index in [0.717, 1.165) is 30.5 Å². The summed E-state index contributed by atoms with van der Waals surface area (Å²) in [7, 11) is 0. The number of hydrogen-bond donors (Lipinski definition) is 3. The molecule has 0 aliphatic heterocycles. The van der Waals surface area contributed by atoms with E-state index in [1.165, 1.54) is 0 Å². The van der Waals surface area contributed by atoms with Gasteiger partial charge in [-0.05, 0) is 37.8 Å². The van der Waals surface area contributed by atoms with Crippen LogP contribution in [0.1, 0.15) is 32.1 Å². The normalized spacial score (nSPS) is 15.9. The molecular formula is C20H22N6O. The Kier molecular flexibility index (Phi) is 4.93. The van der Waals surface area contributed by atoms with Crippen LogP contribution in [0.3, 0.4) is 0 Å². The molecule has 1 aromatic carbocycles. The van der Waals surface area contributed by atoms with Gasteiger partial charge in [0.1, 0.15) is 5.72 Å². The van der Waals surface area contributed by atoms with Crippen LogP contribution in [0.25, 0.3) is 11.4 Å². The minimum Gasteiger partial charge on any atom is -0.371 e. The van der Waals surface area contributed by atoms with Crippen molar-refractivity contribution in [3.63, 3.8) is 0 Å². The van der Waals surface area contributed by atoms with Crippen molar-refractivity contribution in [2.75, 3.05) is 10.6 Å². The Morgan fingerprint density at radius 2 is 1.52 bits per heavy atom. The molecule has 0 spiro atoms. The van der Waals surface area contributed by atoms with E-state index in [4.69, 9.17) is 0 Å². The summed E-state index contributed by atoms with van der Waals surface area (Å²) < 4.78 is 0. The molecule has 7 heteroatoms. The third-order valence-corrected chi connectivity index (χ3v) is 4.63. The van der Waals surface area contributed by atoms with Gasteiger partial charge in [-0.2, -0.15) is 15.0 Å². The van der Waals surface area contributed by atoms with Crippen molar-refractivity contribution < 1.29 is 5.11 Å². The summed E-state index contributed by atoms with van der Waals surface area (Å²) in [6.45, 7) is 0. The van der Waals surface area contributed by atoms with Crippen molar-refractivity contribution in [1.29, 1.82) is 0 Å². The van der Waals surface area contributed by atoms with E-state index in [1.54, 1.807) is 12.4 Å². The molecule has 4 rings (SSSR count). The van der Waals surface area contributed by atoms with Gasteiger partial charge in [-0.3, -0.25) is 4.98 Å². The fourth-order valence-electron chi connectivity index (χ4n) is 3.24. The number of nitrogens with zero attached hydrogens (tertiary/aromatic N) is 4. The Morgan fingerprint density at radius 1 is 0.815 bits per heavy atom. The van der Waals surface area contributed by atoms with Gasteiger partial charge in [0.05, 0.1) is 0 Å². The second-order valence-electron chi connectivity index (χ2n) is 6.75. The van der Waals surface area contributed by atoms with Gasteiger partial charge in [-0.25, -0.2) is 0 Å². The summed E-state index contributed by atoms with van der Waals surface area (Å²) in [5, 5.41) is 17.1. The third-order valence-electron chi connectivity index (χ3n) is 4.63. The molecule has 0 amide bonds. The van der Waals surface area contributed by atoms with E-state index >= 15 is 0 Å². The highest BCUT2D eigenvalue weighted by Crippen LogP contribution is 2.29. The molecule has 0 unspecified atom stereocenters. The molecule has 27 heavy (non-hydrogen) atoms. The summed E-state index contributed by atoms with van der Waals surface area (Å²) in [4.78, 5) is 17.6. The smallest absolute Gasteiger partial charge is 0.232 e. The van der Waals surface area contributed by atoms with Gasteiger partial charge in [-0.1, -0.05) is 36.8 Å².